The van der Waals surface area contributed by atoms with Crippen molar-refractivity contribution in [3.05, 3.63) is 88.6 Å². The molecule has 1 atom stereocenters. The van der Waals surface area contributed by atoms with Crippen LogP contribution >= 0.6 is 0 Å². The van der Waals surface area contributed by atoms with Crippen LogP contribution in [0.2, 0.25) is 0 Å². The maximum Gasteiger partial charge on any atom is 0.419 e. The fourth-order valence-corrected chi connectivity index (χ4v) is 4.97. The van der Waals surface area contributed by atoms with Crippen molar-refractivity contribution in [2.75, 3.05) is 44.3 Å². The Bertz CT molecular complexity index is 1220. The van der Waals surface area contributed by atoms with Crippen molar-refractivity contribution in [1.82, 2.24) is 9.80 Å². The number of halogens is 4. The standard InChI is InChI=1S/C26H25F4N3O3/c27-21-6-5-17(13-20(21)26(28,29)30)15-33-22-4-2-1-3-18(22)19-14-23(25(34)35)32(16-24(19)33)8-7-31-9-11-36-12-10-31/h1-6,13-14,16,19H,7-12,15H2,(H,34,35). The lowest BCUT2D eigenvalue weighted by molar-refractivity contribution is -0.140. The number of carbonyl (C=O) groups is 1. The van der Waals surface area contributed by atoms with Gasteiger partial charge in [-0.15, -0.1) is 0 Å². The van der Waals surface area contributed by atoms with Gasteiger partial charge in [0.1, 0.15) is 11.5 Å². The normalized spacial score (nSPS) is 20.1. The van der Waals surface area contributed by atoms with Crippen LogP contribution in [0.3, 0.4) is 0 Å². The van der Waals surface area contributed by atoms with Crippen molar-refractivity contribution in [2.24, 2.45) is 0 Å². The van der Waals surface area contributed by atoms with Crippen molar-refractivity contribution in [2.45, 2.75) is 18.6 Å². The summed E-state index contributed by atoms with van der Waals surface area (Å²) >= 11 is 0. The van der Waals surface area contributed by atoms with Crippen LogP contribution in [0.15, 0.2) is 66.1 Å². The minimum atomic E-state index is -4.80. The molecule has 0 amide bonds. The molecule has 1 N–H and O–H groups in total. The van der Waals surface area contributed by atoms with Gasteiger partial charge < -0.3 is 19.6 Å². The number of hydrogen-bond acceptors (Lipinski definition) is 5. The number of alkyl halides is 3. The number of anilines is 1. The van der Waals surface area contributed by atoms with E-state index in [-0.39, 0.29) is 18.2 Å². The zero-order chi connectivity index (χ0) is 25.4. The molecular weight excluding hydrogens is 478 g/mol. The first-order chi connectivity index (χ1) is 17.2. The van der Waals surface area contributed by atoms with Crippen LogP contribution in [0.4, 0.5) is 23.2 Å². The van der Waals surface area contributed by atoms with Crippen LogP contribution in [0.25, 0.3) is 0 Å². The first kappa shape index (κ1) is 24.3. The fraction of sp³-hybridized carbons (Fsp3) is 0.346. The summed E-state index contributed by atoms with van der Waals surface area (Å²) in [6.45, 7) is 3.95. The minimum Gasteiger partial charge on any atom is -0.477 e. The number of rotatable bonds is 6. The molecule has 36 heavy (non-hydrogen) atoms. The monoisotopic (exact) mass is 503 g/mol. The van der Waals surface area contributed by atoms with Gasteiger partial charge in [-0.05, 0) is 35.4 Å². The van der Waals surface area contributed by atoms with Crippen molar-refractivity contribution in [3.63, 3.8) is 0 Å². The Hall–Kier alpha value is -3.37. The molecule has 0 aliphatic carbocycles. The van der Waals surface area contributed by atoms with E-state index in [1.807, 2.05) is 29.2 Å². The maximum atomic E-state index is 13.9. The van der Waals surface area contributed by atoms with Gasteiger partial charge in [-0.25, -0.2) is 9.18 Å². The second kappa shape index (κ2) is 9.59. The molecule has 3 aliphatic rings. The molecular formula is C26H25F4N3O3. The summed E-state index contributed by atoms with van der Waals surface area (Å²) in [6.07, 6.45) is -1.32. The Labute approximate surface area is 205 Å². The van der Waals surface area contributed by atoms with Gasteiger partial charge in [0, 0.05) is 56.2 Å². The average molecular weight is 503 g/mol. The van der Waals surface area contributed by atoms with E-state index in [1.54, 1.807) is 17.2 Å². The number of nitrogens with zero attached hydrogens (tertiary/aromatic N) is 3. The number of benzene rings is 2. The van der Waals surface area contributed by atoms with Crippen LogP contribution in [-0.2, 0) is 22.3 Å². The molecule has 0 bridgehead atoms. The van der Waals surface area contributed by atoms with E-state index in [4.69, 9.17) is 4.74 Å². The summed E-state index contributed by atoms with van der Waals surface area (Å²) in [7, 11) is 0. The summed E-state index contributed by atoms with van der Waals surface area (Å²) in [6, 6.07) is 10.4. The fourth-order valence-electron chi connectivity index (χ4n) is 4.97. The summed E-state index contributed by atoms with van der Waals surface area (Å²) in [4.78, 5) is 17.9. The third-order valence-electron chi connectivity index (χ3n) is 6.77. The summed E-state index contributed by atoms with van der Waals surface area (Å²) in [5, 5.41) is 9.92. The highest BCUT2D eigenvalue weighted by atomic mass is 19.4. The van der Waals surface area contributed by atoms with E-state index < -0.39 is 23.5 Å². The predicted octanol–water partition coefficient (Wildman–Crippen LogP) is 4.41. The Morgan fingerprint density at radius 1 is 1.08 bits per heavy atom. The van der Waals surface area contributed by atoms with E-state index in [0.29, 0.717) is 31.9 Å². The van der Waals surface area contributed by atoms with Gasteiger partial charge in [-0.2, -0.15) is 13.2 Å². The lowest BCUT2D eigenvalue weighted by Crippen LogP contribution is -2.41. The van der Waals surface area contributed by atoms with Gasteiger partial charge >= 0.3 is 12.1 Å². The van der Waals surface area contributed by atoms with Crippen molar-refractivity contribution < 1.29 is 32.2 Å². The molecule has 3 aliphatic heterocycles. The molecule has 1 fully saturated rings. The molecule has 3 heterocycles. The van der Waals surface area contributed by atoms with Gasteiger partial charge in [0.05, 0.1) is 18.8 Å². The number of carboxylic acid groups (broad SMARTS) is 1. The number of hydrogen-bond donors (Lipinski definition) is 1. The van der Waals surface area contributed by atoms with Crippen LogP contribution in [0, 0.1) is 5.82 Å². The van der Waals surface area contributed by atoms with Gasteiger partial charge in [0.25, 0.3) is 0 Å². The van der Waals surface area contributed by atoms with E-state index in [9.17, 15) is 27.5 Å². The SMILES string of the molecule is O=C(O)C1=CC2C(=CN1CCN1CCOCC1)N(Cc1ccc(F)c(C(F)(F)F)c1)c1ccccc12. The topological polar surface area (TPSA) is 56.3 Å². The number of carboxylic acids is 1. The molecule has 0 spiro atoms. The highest BCUT2D eigenvalue weighted by Gasteiger charge is 2.38. The first-order valence-electron chi connectivity index (χ1n) is 11.7. The smallest absolute Gasteiger partial charge is 0.419 e. The summed E-state index contributed by atoms with van der Waals surface area (Å²) < 4.78 is 59.2. The van der Waals surface area contributed by atoms with E-state index >= 15 is 0 Å². The summed E-state index contributed by atoms with van der Waals surface area (Å²) in [5.74, 6) is -2.71. The predicted molar refractivity (Wildman–Crippen MR) is 125 cm³/mol. The first-order valence-corrected chi connectivity index (χ1v) is 11.7. The molecule has 6 nitrogen and oxygen atoms in total. The minimum absolute atomic E-state index is 0.0796. The maximum absolute atomic E-state index is 13.9. The number of allylic oxidation sites excluding steroid dienone is 1. The number of aliphatic carboxylic acids is 1. The van der Waals surface area contributed by atoms with Gasteiger partial charge in [-0.3, -0.25) is 4.90 Å². The van der Waals surface area contributed by atoms with Crippen LogP contribution in [0.1, 0.15) is 22.6 Å². The number of morpholine rings is 1. The number of ether oxygens (including phenoxy) is 1. The zero-order valence-electron chi connectivity index (χ0n) is 19.3. The third kappa shape index (κ3) is 4.70. The molecule has 0 radical (unpaired) electrons. The lowest BCUT2D eigenvalue weighted by atomic mass is 9.95. The van der Waals surface area contributed by atoms with E-state index in [2.05, 4.69) is 4.90 Å². The average Bonchev–Trinajstić information content (AvgIpc) is 3.15. The molecule has 1 saturated heterocycles. The second-order valence-electron chi connectivity index (χ2n) is 8.99. The lowest BCUT2D eigenvalue weighted by Gasteiger charge is -2.33. The number of para-hydroxylation sites is 1. The Balaban J connectivity index is 1.48. The van der Waals surface area contributed by atoms with Crippen LogP contribution < -0.4 is 4.90 Å². The molecule has 5 rings (SSSR count). The molecule has 10 heteroatoms. The highest BCUT2D eigenvalue weighted by molar-refractivity contribution is 5.88. The quantitative estimate of drug-likeness (QED) is 0.590. The highest BCUT2D eigenvalue weighted by Crippen LogP contribution is 2.47. The third-order valence-corrected chi connectivity index (χ3v) is 6.77. The largest absolute Gasteiger partial charge is 0.477 e. The summed E-state index contributed by atoms with van der Waals surface area (Å²) in [5.41, 5.74) is 1.57. The van der Waals surface area contributed by atoms with Crippen LogP contribution in [-0.4, -0.2) is 60.3 Å². The number of fused-ring (bicyclic) bond motifs is 3. The molecule has 2 aromatic carbocycles. The van der Waals surface area contributed by atoms with E-state index in [1.165, 1.54) is 6.07 Å². The van der Waals surface area contributed by atoms with Crippen molar-refractivity contribution >= 4 is 11.7 Å². The van der Waals surface area contributed by atoms with Crippen LogP contribution in [0.5, 0.6) is 0 Å². The van der Waals surface area contributed by atoms with Gasteiger partial charge in [-0.1, -0.05) is 24.3 Å². The van der Waals surface area contributed by atoms with Gasteiger partial charge in [0.2, 0.25) is 0 Å². The Kier molecular flexibility index (Phi) is 6.48. The second-order valence-corrected chi connectivity index (χ2v) is 8.99. The van der Waals surface area contributed by atoms with Crippen molar-refractivity contribution in [3.8, 4) is 0 Å². The molecule has 0 aromatic heterocycles. The molecule has 1 unspecified atom stereocenters. The Morgan fingerprint density at radius 3 is 2.56 bits per heavy atom. The van der Waals surface area contributed by atoms with E-state index in [0.717, 1.165) is 42.2 Å². The zero-order valence-corrected chi connectivity index (χ0v) is 19.3. The van der Waals surface area contributed by atoms with Gasteiger partial charge in [0.15, 0.2) is 0 Å². The molecule has 2 aromatic rings. The molecule has 0 saturated carbocycles. The van der Waals surface area contributed by atoms with Crippen molar-refractivity contribution in [1.29, 1.82) is 0 Å². The molecule has 190 valence electrons. The Morgan fingerprint density at radius 2 is 1.83 bits per heavy atom.